The van der Waals surface area contributed by atoms with Crippen LogP contribution in [-0.4, -0.2) is 32.6 Å². The topological polar surface area (TPSA) is 99.8 Å². The first kappa shape index (κ1) is 12.3. The number of alkyl carbamates (subject to hydrolysis) is 1. The SMILES string of the molecule is CCNC(=O)OCc1cnc(N(O)O)n1C. The first-order valence-electron chi connectivity index (χ1n) is 4.65. The van der Waals surface area contributed by atoms with Crippen molar-refractivity contribution in [3.8, 4) is 0 Å². The van der Waals surface area contributed by atoms with Crippen LogP contribution in [-0.2, 0) is 18.4 Å². The van der Waals surface area contributed by atoms with Crippen molar-refractivity contribution in [1.29, 1.82) is 0 Å². The lowest BCUT2D eigenvalue weighted by molar-refractivity contribution is 0.0226. The number of carbonyl (C=O) groups is 1. The number of aromatic nitrogens is 2. The lowest BCUT2D eigenvalue weighted by atomic mass is 10.5. The fraction of sp³-hybridized carbons (Fsp3) is 0.500. The molecule has 0 unspecified atom stereocenters. The van der Waals surface area contributed by atoms with Gasteiger partial charge in [-0.15, -0.1) is 0 Å². The van der Waals surface area contributed by atoms with Crippen LogP contribution < -0.4 is 10.5 Å². The summed E-state index contributed by atoms with van der Waals surface area (Å²) in [6.07, 6.45) is 0.851. The van der Waals surface area contributed by atoms with Gasteiger partial charge in [-0.2, -0.15) is 0 Å². The molecule has 0 spiro atoms. The number of amides is 1. The Bertz CT molecular complexity index is 363. The van der Waals surface area contributed by atoms with Crippen LogP contribution in [0.3, 0.4) is 0 Å². The highest BCUT2D eigenvalue weighted by Crippen LogP contribution is 2.11. The molecule has 0 bridgehead atoms. The third-order valence-corrected chi connectivity index (χ3v) is 1.91. The largest absolute Gasteiger partial charge is 0.443 e. The molecule has 1 amide bonds. The number of nitrogens with one attached hydrogen (secondary N) is 1. The van der Waals surface area contributed by atoms with Gasteiger partial charge in [0.2, 0.25) is 0 Å². The maximum Gasteiger partial charge on any atom is 0.407 e. The summed E-state index contributed by atoms with van der Waals surface area (Å²) in [5, 5.41) is 19.9. The summed E-state index contributed by atoms with van der Waals surface area (Å²) < 4.78 is 6.24. The second-order valence-corrected chi connectivity index (χ2v) is 3.00. The zero-order valence-corrected chi connectivity index (χ0v) is 9.04. The van der Waals surface area contributed by atoms with E-state index in [1.165, 1.54) is 10.8 Å². The molecule has 3 N–H and O–H groups in total. The molecule has 1 aromatic heterocycles. The number of anilines is 1. The fourth-order valence-electron chi connectivity index (χ4n) is 1.09. The quantitative estimate of drug-likeness (QED) is 0.641. The van der Waals surface area contributed by atoms with E-state index < -0.39 is 6.09 Å². The molecule has 8 nitrogen and oxygen atoms in total. The molecule has 1 aromatic rings. The first-order valence-corrected chi connectivity index (χ1v) is 4.65. The van der Waals surface area contributed by atoms with Gasteiger partial charge in [0.05, 0.1) is 11.9 Å². The van der Waals surface area contributed by atoms with Crippen molar-refractivity contribution in [1.82, 2.24) is 14.9 Å². The van der Waals surface area contributed by atoms with Crippen molar-refractivity contribution in [2.75, 3.05) is 11.8 Å². The molecule has 0 atom stereocenters. The molecular weight excluding hydrogens is 216 g/mol. The summed E-state index contributed by atoms with van der Waals surface area (Å²) >= 11 is 0. The van der Waals surface area contributed by atoms with E-state index in [2.05, 4.69) is 10.3 Å². The van der Waals surface area contributed by atoms with Crippen LogP contribution in [0.4, 0.5) is 10.7 Å². The van der Waals surface area contributed by atoms with E-state index in [9.17, 15) is 4.79 Å². The molecule has 0 aliphatic carbocycles. The lowest BCUT2D eigenvalue weighted by Crippen LogP contribution is -2.24. The minimum atomic E-state index is -0.532. The van der Waals surface area contributed by atoms with E-state index in [0.717, 1.165) is 0 Å². The van der Waals surface area contributed by atoms with Gasteiger partial charge in [0, 0.05) is 13.6 Å². The number of ether oxygens (including phenoxy) is 1. The zero-order valence-electron chi connectivity index (χ0n) is 9.04. The van der Waals surface area contributed by atoms with E-state index in [0.29, 0.717) is 12.2 Å². The Balaban J connectivity index is 2.58. The summed E-state index contributed by atoms with van der Waals surface area (Å²) in [4.78, 5) is 14.7. The van der Waals surface area contributed by atoms with Crippen molar-refractivity contribution in [3.63, 3.8) is 0 Å². The highest BCUT2D eigenvalue weighted by molar-refractivity contribution is 5.66. The van der Waals surface area contributed by atoms with Crippen LogP contribution in [0, 0.1) is 0 Å². The number of imidazole rings is 1. The number of nitrogens with zero attached hydrogens (tertiary/aromatic N) is 3. The molecule has 0 saturated carbocycles. The van der Waals surface area contributed by atoms with E-state index >= 15 is 0 Å². The van der Waals surface area contributed by atoms with Gasteiger partial charge >= 0.3 is 6.09 Å². The highest BCUT2D eigenvalue weighted by Gasteiger charge is 2.11. The maximum absolute atomic E-state index is 11.0. The average molecular weight is 230 g/mol. The molecular formula is C8H14N4O4. The molecule has 90 valence electrons. The van der Waals surface area contributed by atoms with Gasteiger partial charge in [0.15, 0.2) is 0 Å². The summed E-state index contributed by atoms with van der Waals surface area (Å²) in [5.41, 5.74) is 0.536. The van der Waals surface area contributed by atoms with Crippen LogP contribution >= 0.6 is 0 Å². The van der Waals surface area contributed by atoms with Gasteiger partial charge in [-0.25, -0.2) is 9.78 Å². The van der Waals surface area contributed by atoms with Gasteiger partial charge in [-0.1, -0.05) is 5.23 Å². The molecule has 1 rings (SSSR count). The molecule has 0 aliphatic heterocycles. The summed E-state index contributed by atoms with van der Waals surface area (Å²) in [6, 6.07) is 0. The Morgan fingerprint density at radius 2 is 2.38 bits per heavy atom. The fourth-order valence-corrected chi connectivity index (χ4v) is 1.09. The van der Waals surface area contributed by atoms with Crippen LogP contribution in [0.5, 0.6) is 0 Å². The van der Waals surface area contributed by atoms with Crippen LogP contribution in [0.2, 0.25) is 0 Å². The monoisotopic (exact) mass is 230 g/mol. The van der Waals surface area contributed by atoms with E-state index in [4.69, 9.17) is 15.2 Å². The number of hydrogen-bond acceptors (Lipinski definition) is 6. The molecule has 0 aromatic carbocycles. The van der Waals surface area contributed by atoms with Crippen LogP contribution in [0.25, 0.3) is 0 Å². The Labute approximate surface area is 92.0 Å². The number of carbonyl (C=O) groups excluding carboxylic acids is 1. The highest BCUT2D eigenvalue weighted by atomic mass is 16.8. The van der Waals surface area contributed by atoms with Gasteiger partial charge in [0.25, 0.3) is 5.95 Å². The number of hydrogen-bond donors (Lipinski definition) is 3. The summed E-state index contributed by atoms with van der Waals surface area (Å²) in [7, 11) is 1.57. The third kappa shape index (κ3) is 2.84. The summed E-state index contributed by atoms with van der Waals surface area (Å²) in [5.74, 6) is -0.0606. The predicted molar refractivity (Wildman–Crippen MR) is 53.1 cm³/mol. The second-order valence-electron chi connectivity index (χ2n) is 3.00. The van der Waals surface area contributed by atoms with Crippen molar-refractivity contribution in [2.24, 2.45) is 7.05 Å². The van der Waals surface area contributed by atoms with Crippen LogP contribution in [0.1, 0.15) is 12.6 Å². The molecule has 1 heterocycles. The standard InChI is InChI=1S/C8H14N4O4/c1-3-9-8(13)16-5-6-4-10-7(11(6)2)12(14)15/h4,14-15H,3,5H2,1-2H3,(H,9,13). The molecule has 0 radical (unpaired) electrons. The normalized spacial score (nSPS) is 10.0. The van der Waals surface area contributed by atoms with Crippen molar-refractivity contribution >= 4 is 12.0 Å². The number of rotatable bonds is 4. The van der Waals surface area contributed by atoms with Crippen molar-refractivity contribution in [2.45, 2.75) is 13.5 Å². The van der Waals surface area contributed by atoms with E-state index in [1.807, 2.05) is 0 Å². The Hall–Kier alpha value is -1.80. The van der Waals surface area contributed by atoms with Crippen LogP contribution in [0.15, 0.2) is 6.20 Å². The maximum atomic E-state index is 11.0. The van der Waals surface area contributed by atoms with Crippen molar-refractivity contribution in [3.05, 3.63) is 11.9 Å². The van der Waals surface area contributed by atoms with Gasteiger partial charge in [-0.3, -0.25) is 10.4 Å². The molecule has 0 fully saturated rings. The lowest BCUT2D eigenvalue weighted by Gasteiger charge is -2.09. The molecule has 16 heavy (non-hydrogen) atoms. The molecule has 8 heteroatoms. The smallest absolute Gasteiger partial charge is 0.407 e. The average Bonchev–Trinajstić information content (AvgIpc) is 2.57. The van der Waals surface area contributed by atoms with Crippen molar-refractivity contribution < 1.29 is 19.9 Å². The van der Waals surface area contributed by atoms with Gasteiger partial charge in [-0.05, 0) is 6.92 Å². The minimum absolute atomic E-state index is 0.00315. The molecule has 0 saturated heterocycles. The second kappa shape index (κ2) is 5.33. The van der Waals surface area contributed by atoms with E-state index in [-0.39, 0.29) is 17.8 Å². The van der Waals surface area contributed by atoms with Gasteiger partial charge < -0.3 is 14.6 Å². The van der Waals surface area contributed by atoms with E-state index in [1.54, 1.807) is 14.0 Å². The third-order valence-electron chi connectivity index (χ3n) is 1.91. The Morgan fingerprint density at radius 1 is 1.69 bits per heavy atom. The summed E-state index contributed by atoms with van der Waals surface area (Å²) in [6.45, 7) is 2.26. The predicted octanol–water partition coefficient (Wildman–Crippen LogP) is 0.251. The Kier molecular flexibility index (Phi) is 4.09. The van der Waals surface area contributed by atoms with Gasteiger partial charge in [0.1, 0.15) is 6.61 Å². The minimum Gasteiger partial charge on any atom is -0.443 e. The Morgan fingerprint density at radius 3 is 2.88 bits per heavy atom. The molecule has 0 aliphatic rings. The zero-order chi connectivity index (χ0) is 12.1. The first-order chi connectivity index (χ1) is 7.56.